The molecule has 5 heteroatoms. The largest absolute Gasteiger partial charge is 0.493 e. The van der Waals surface area contributed by atoms with Crippen molar-refractivity contribution in [2.24, 2.45) is 5.10 Å². The van der Waals surface area contributed by atoms with Gasteiger partial charge in [0.05, 0.1) is 31.6 Å². The van der Waals surface area contributed by atoms with Crippen molar-refractivity contribution in [2.45, 2.75) is 19.4 Å². The third-order valence-corrected chi connectivity index (χ3v) is 5.79. The summed E-state index contributed by atoms with van der Waals surface area (Å²) in [5.74, 6) is 1.41. The number of fused-ring (bicyclic) bond motifs is 1. The Labute approximate surface area is 183 Å². The van der Waals surface area contributed by atoms with Gasteiger partial charge in [-0.1, -0.05) is 42.5 Å². The molecule has 0 saturated heterocycles. The van der Waals surface area contributed by atoms with Crippen molar-refractivity contribution in [1.29, 1.82) is 5.26 Å². The summed E-state index contributed by atoms with van der Waals surface area (Å²) >= 11 is 0. The summed E-state index contributed by atoms with van der Waals surface area (Å²) in [5.41, 5.74) is 6.71. The highest BCUT2D eigenvalue weighted by Gasteiger charge is 2.23. The van der Waals surface area contributed by atoms with Crippen molar-refractivity contribution in [3.05, 3.63) is 82.9 Å². The molecule has 0 aliphatic carbocycles. The van der Waals surface area contributed by atoms with Crippen LogP contribution < -0.4 is 9.47 Å². The molecule has 0 spiro atoms. The van der Waals surface area contributed by atoms with Crippen molar-refractivity contribution in [3.8, 4) is 28.7 Å². The number of nitrogens with zero attached hydrogens (tertiary/aromatic N) is 3. The molecule has 0 fully saturated rings. The SMILES string of the molecule is COc1cc2c(cc1OC)C(c1ccc(-c3ccccc3C#N)cc1)=NN(C)C(C)C2. The minimum absolute atomic E-state index is 0.246. The summed E-state index contributed by atoms with van der Waals surface area (Å²) in [4.78, 5) is 0. The van der Waals surface area contributed by atoms with E-state index in [9.17, 15) is 5.26 Å². The van der Waals surface area contributed by atoms with E-state index in [0.717, 1.165) is 40.1 Å². The van der Waals surface area contributed by atoms with Gasteiger partial charge in [-0.15, -0.1) is 0 Å². The Morgan fingerprint density at radius 3 is 2.26 bits per heavy atom. The third kappa shape index (κ3) is 3.85. The molecule has 1 heterocycles. The van der Waals surface area contributed by atoms with E-state index in [1.165, 1.54) is 5.56 Å². The van der Waals surface area contributed by atoms with Gasteiger partial charge in [-0.05, 0) is 48.2 Å². The molecule has 1 unspecified atom stereocenters. The maximum Gasteiger partial charge on any atom is 0.161 e. The van der Waals surface area contributed by atoms with E-state index in [1.807, 2.05) is 54.5 Å². The Balaban J connectivity index is 1.82. The average molecular weight is 412 g/mol. The van der Waals surface area contributed by atoms with E-state index < -0.39 is 0 Å². The first-order chi connectivity index (χ1) is 15.0. The Bertz CT molecular complexity index is 1180. The van der Waals surface area contributed by atoms with Gasteiger partial charge in [0.1, 0.15) is 0 Å². The van der Waals surface area contributed by atoms with Crippen LogP contribution in [0.1, 0.15) is 29.2 Å². The van der Waals surface area contributed by atoms with Crippen LogP contribution in [0.2, 0.25) is 0 Å². The number of nitriles is 1. The highest BCUT2D eigenvalue weighted by Crippen LogP contribution is 2.34. The molecule has 1 atom stereocenters. The molecule has 5 nitrogen and oxygen atoms in total. The van der Waals surface area contributed by atoms with Gasteiger partial charge in [0, 0.05) is 24.2 Å². The molecule has 3 aromatic rings. The van der Waals surface area contributed by atoms with Gasteiger partial charge in [-0.2, -0.15) is 10.4 Å². The van der Waals surface area contributed by atoms with Crippen LogP contribution >= 0.6 is 0 Å². The van der Waals surface area contributed by atoms with Crippen molar-refractivity contribution >= 4 is 5.71 Å². The quantitative estimate of drug-likeness (QED) is 0.614. The van der Waals surface area contributed by atoms with E-state index in [4.69, 9.17) is 14.6 Å². The van der Waals surface area contributed by atoms with Crippen molar-refractivity contribution in [1.82, 2.24) is 5.01 Å². The van der Waals surface area contributed by atoms with Gasteiger partial charge in [0.25, 0.3) is 0 Å². The van der Waals surface area contributed by atoms with E-state index in [1.54, 1.807) is 14.2 Å². The lowest BCUT2D eigenvalue weighted by Crippen LogP contribution is -2.25. The lowest BCUT2D eigenvalue weighted by Gasteiger charge is -2.20. The number of ether oxygens (including phenoxy) is 2. The first-order valence-corrected chi connectivity index (χ1v) is 10.2. The molecule has 156 valence electrons. The molecule has 0 aromatic heterocycles. The zero-order valence-electron chi connectivity index (χ0n) is 18.2. The van der Waals surface area contributed by atoms with Crippen LogP contribution in [0.3, 0.4) is 0 Å². The second-order valence-corrected chi connectivity index (χ2v) is 7.67. The Morgan fingerprint density at radius 2 is 1.58 bits per heavy atom. The topological polar surface area (TPSA) is 57.9 Å². The van der Waals surface area contributed by atoms with Gasteiger partial charge in [0.2, 0.25) is 0 Å². The summed E-state index contributed by atoms with van der Waals surface area (Å²) in [6, 6.07) is 22.4. The van der Waals surface area contributed by atoms with E-state index in [0.29, 0.717) is 11.3 Å². The van der Waals surface area contributed by atoms with Crippen LogP contribution in [-0.4, -0.2) is 38.0 Å². The predicted molar refractivity (Wildman–Crippen MR) is 123 cm³/mol. The van der Waals surface area contributed by atoms with Crippen LogP contribution in [0.4, 0.5) is 0 Å². The number of hydrogen-bond donors (Lipinski definition) is 0. The van der Waals surface area contributed by atoms with Crippen molar-refractivity contribution < 1.29 is 9.47 Å². The highest BCUT2D eigenvalue weighted by atomic mass is 16.5. The van der Waals surface area contributed by atoms with Gasteiger partial charge in [-0.3, -0.25) is 5.01 Å². The Hall–Kier alpha value is -3.78. The number of methoxy groups -OCH3 is 2. The van der Waals surface area contributed by atoms with Gasteiger partial charge in [0.15, 0.2) is 11.5 Å². The predicted octanol–water partition coefficient (Wildman–Crippen LogP) is 4.87. The minimum Gasteiger partial charge on any atom is -0.493 e. The summed E-state index contributed by atoms with van der Waals surface area (Å²) < 4.78 is 11.1. The molecule has 0 N–H and O–H groups in total. The lowest BCUT2D eigenvalue weighted by molar-refractivity contribution is 0.272. The number of rotatable bonds is 4. The fourth-order valence-electron chi connectivity index (χ4n) is 3.92. The summed E-state index contributed by atoms with van der Waals surface area (Å²) in [7, 11) is 5.31. The average Bonchev–Trinajstić information content (AvgIpc) is 2.93. The zero-order valence-corrected chi connectivity index (χ0v) is 18.2. The smallest absolute Gasteiger partial charge is 0.161 e. The second-order valence-electron chi connectivity index (χ2n) is 7.67. The summed E-state index contributed by atoms with van der Waals surface area (Å²) in [5, 5.41) is 16.4. The first-order valence-electron chi connectivity index (χ1n) is 10.2. The molecule has 1 aliphatic rings. The molecule has 4 rings (SSSR count). The van der Waals surface area contributed by atoms with Crippen LogP contribution in [0, 0.1) is 11.3 Å². The molecule has 0 saturated carbocycles. The standard InChI is InChI=1S/C26H25N3O2/c1-17-13-21-14-24(30-3)25(31-4)15-23(21)26(28-29(17)2)19-11-9-18(10-12-19)22-8-6-5-7-20(22)16-27/h5-12,14-15,17H,13H2,1-4H3. The number of hydrazone groups is 1. The lowest BCUT2D eigenvalue weighted by atomic mass is 9.92. The minimum atomic E-state index is 0.246. The molecule has 31 heavy (non-hydrogen) atoms. The van der Waals surface area contributed by atoms with Crippen LogP contribution in [0.15, 0.2) is 65.8 Å². The maximum absolute atomic E-state index is 9.43. The van der Waals surface area contributed by atoms with Gasteiger partial charge in [-0.25, -0.2) is 0 Å². The van der Waals surface area contributed by atoms with Gasteiger partial charge < -0.3 is 9.47 Å². The summed E-state index contributed by atoms with van der Waals surface area (Å²) in [6.45, 7) is 2.16. The highest BCUT2D eigenvalue weighted by molar-refractivity contribution is 6.14. The molecule has 0 amide bonds. The van der Waals surface area contributed by atoms with Crippen LogP contribution in [-0.2, 0) is 6.42 Å². The number of likely N-dealkylation sites (N-methyl/N-ethyl adjacent to an activating group) is 1. The van der Waals surface area contributed by atoms with Crippen molar-refractivity contribution in [3.63, 3.8) is 0 Å². The second kappa shape index (κ2) is 8.53. The number of hydrogen-bond acceptors (Lipinski definition) is 5. The molecule has 0 bridgehead atoms. The van der Waals surface area contributed by atoms with Crippen LogP contribution in [0.25, 0.3) is 11.1 Å². The normalized spacial score (nSPS) is 15.4. The fourth-order valence-corrected chi connectivity index (χ4v) is 3.92. The summed E-state index contributed by atoms with van der Waals surface area (Å²) in [6.07, 6.45) is 0.854. The molecule has 1 aliphatic heterocycles. The molecule has 3 aromatic carbocycles. The molecule has 0 radical (unpaired) electrons. The number of benzene rings is 3. The molecular formula is C26H25N3O2. The van der Waals surface area contributed by atoms with Crippen LogP contribution in [0.5, 0.6) is 11.5 Å². The van der Waals surface area contributed by atoms with Gasteiger partial charge >= 0.3 is 0 Å². The zero-order chi connectivity index (χ0) is 22.0. The Morgan fingerprint density at radius 1 is 0.935 bits per heavy atom. The van der Waals surface area contributed by atoms with Crippen molar-refractivity contribution in [2.75, 3.05) is 21.3 Å². The fraction of sp³-hybridized carbons (Fsp3) is 0.231. The monoisotopic (exact) mass is 411 g/mol. The molecular weight excluding hydrogens is 386 g/mol. The first kappa shape index (κ1) is 20.5. The third-order valence-electron chi connectivity index (χ3n) is 5.79. The maximum atomic E-state index is 9.43. The Kier molecular flexibility index (Phi) is 5.64. The van der Waals surface area contributed by atoms with E-state index >= 15 is 0 Å². The van der Waals surface area contributed by atoms with E-state index in [2.05, 4.69) is 31.2 Å². The van der Waals surface area contributed by atoms with E-state index in [-0.39, 0.29) is 6.04 Å².